The van der Waals surface area contributed by atoms with Gasteiger partial charge >= 0.3 is 5.97 Å². The molecule has 0 aliphatic carbocycles. The summed E-state index contributed by atoms with van der Waals surface area (Å²) < 4.78 is 0. The molecular formula is C11H11N3O4. The van der Waals surface area contributed by atoms with Gasteiger partial charge in [0.05, 0.1) is 16.2 Å². The number of anilines is 1. The molecule has 0 radical (unpaired) electrons. The van der Waals surface area contributed by atoms with E-state index in [1.165, 1.54) is 12.1 Å². The van der Waals surface area contributed by atoms with E-state index in [1.54, 1.807) is 13.0 Å². The lowest BCUT2D eigenvalue weighted by molar-refractivity contribution is -0.384. The summed E-state index contributed by atoms with van der Waals surface area (Å²) in [6, 6.07) is 4.63. The van der Waals surface area contributed by atoms with Crippen LogP contribution >= 0.6 is 0 Å². The van der Waals surface area contributed by atoms with Crippen molar-refractivity contribution in [1.29, 1.82) is 5.26 Å². The van der Waals surface area contributed by atoms with E-state index in [1.807, 2.05) is 0 Å². The average Bonchev–Trinajstić information content (AvgIpc) is 2.35. The number of rotatable bonds is 5. The zero-order chi connectivity index (χ0) is 13.7. The Balaban J connectivity index is 3.07. The van der Waals surface area contributed by atoms with Crippen molar-refractivity contribution in [2.75, 3.05) is 5.32 Å². The molecule has 0 aliphatic heterocycles. The topological polar surface area (TPSA) is 116 Å². The number of hydrogen-bond donors (Lipinski definition) is 2. The van der Waals surface area contributed by atoms with Crippen LogP contribution in [0.15, 0.2) is 18.2 Å². The Hall–Kier alpha value is -2.62. The van der Waals surface area contributed by atoms with Gasteiger partial charge in [0.1, 0.15) is 12.1 Å². The molecule has 1 aromatic carbocycles. The molecule has 1 unspecified atom stereocenters. The molecule has 0 saturated heterocycles. The molecule has 0 aromatic heterocycles. The van der Waals surface area contributed by atoms with Crippen LogP contribution in [0.2, 0.25) is 0 Å². The van der Waals surface area contributed by atoms with E-state index in [2.05, 4.69) is 5.32 Å². The average molecular weight is 249 g/mol. The van der Waals surface area contributed by atoms with Gasteiger partial charge in [0.15, 0.2) is 0 Å². The molecule has 7 nitrogen and oxygen atoms in total. The maximum Gasteiger partial charge on any atom is 0.326 e. The summed E-state index contributed by atoms with van der Waals surface area (Å²) in [6.07, 6.45) is 0.331. The number of nitro benzene ring substituents is 1. The number of nitrogens with one attached hydrogen (secondary N) is 1. The minimum Gasteiger partial charge on any atom is -0.480 e. The lowest BCUT2D eigenvalue weighted by Gasteiger charge is -2.14. The van der Waals surface area contributed by atoms with Crippen molar-refractivity contribution in [3.8, 4) is 6.07 Å². The first kappa shape index (κ1) is 13.4. The Bertz CT molecular complexity index is 522. The predicted octanol–water partition coefficient (Wildman–Crippen LogP) is 1.74. The number of nitrogens with zero attached hydrogens (tertiary/aromatic N) is 2. The monoisotopic (exact) mass is 249 g/mol. The molecule has 1 rings (SSSR count). The van der Waals surface area contributed by atoms with Gasteiger partial charge in [-0.1, -0.05) is 6.92 Å². The van der Waals surface area contributed by atoms with Crippen molar-refractivity contribution < 1.29 is 14.8 Å². The molecule has 94 valence electrons. The standard InChI is InChI=1S/C11H11N3O4/c1-2-9(11(15)16)13-10-4-3-8(14(17)18)5-7(10)6-12/h3-5,9,13H,2H2,1H3,(H,15,16). The van der Waals surface area contributed by atoms with Crippen LogP contribution in [0.3, 0.4) is 0 Å². The molecule has 2 N–H and O–H groups in total. The summed E-state index contributed by atoms with van der Waals surface area (Å²) in [5, 5.41) is 31.0. The van der Waals surface area contributed by atoms with Crippen LogP contribution in [0.4, 0.5) is 11.4 Å². The number of carboxylic acid groups (broad SMARTS) is 1. The summed E-state index contributed by atoms with van der Waals surface area (Å²) in [6.45, 7) is 1.68. The molecule has 18 heavy (non-hydrogen) atoms. The van der Waals surface area contributed by atoms with Gasteiger partial charge in [-0.25, -0.2) is 4.79 Å². The molecule has 0 saturated carbocycles. The quantitative estimate of drug-likeness (QED) is 0.606. The molecule has 0 aliphatic rings. The third-order valence-electron chi connectivity index (χ3n) is 2.37. The Morgan fingerprint density at radius 1 is 1.67 bits per heavy atom. The molecule has 1 aromatic rings. The van der Waals surface area contributed by atoms with E-state index in [4.69, 9.17) is 10.4 Å². The molecular weight excluding hydrogens is 238 g/mol. The van der Waals surface area contributed by atoms with Crippen LogP contribution in [0.25, 0.3) is 0 Å². The number of nitriles is 1. The van der Waals surface area contributed by atoms with Crippen molar-refractivity contribution in [1.82, 2.24) is 0 Å². The molecule has 0 heterocycles. The maximum absolute atomic E-state index is 10.9. The first-order valence-electron chi connectivity index (χ1n) is 5.17. The molecule has 0 amide bonds. The highest BCUT2D eigenvalue weighted by Crippen LogP contribution is 2.22. The van der Waals surface area contributed by atoms with Crippen molar-refractivity contribution in [2.45, 2.75) is 19.4 Å². The largest absolute Gasteiger partial charge is 0.480 e. The summed E-state index contributed by atoms with van der Waals surface area (Å²) in [5.41, 5.74) is 0.113. The predicted molar refractivity (Wildman–Crippen MR) is 63.1 cm³/mol. The Labute approximate surface area is 103 Å². The second-order valence-electron chi connectivity index (χ2n) is 3.54. The van der Waals surface area contributed by atoms with Gasteiger partial charge in [-0.2, -0.15) is 5.26 Å². The smallest absolute Gasteiger partial charge is 0.326 e. The fourth-order valence-corrected chi connectivity index (χ4v) is 1.39. The van der Waals surface area contributed by atoms with Gasteiger partial charge in [-0.15, -0.1) is 0 Å². The summed E-state index contributed by atoms with van der Waals surface area (Å²) in [5.74, 6) is -1.04. The Kier molecular flexibility index (Phi) is 4.21. The number of nitro groups is 1. The number of carboxylic acids is 1. The van der Waals surface area contributed by atoms with Crippen molar-refractivity contribution >= 4 is 17.3 Å². The summed E-state index contributed by atoms with van der Waals surface area (Å²) >= 11 is 0. The second kappa shape index (κ2) is 5.63. The van der Waals surface area contributed by atoms with E-state index in [0.717, 1.165) is 6.07 Å². The first-order valence-corrected chi connectivity index (χ1v) is 5.17. The summed E-state index contributed by atoms with van der Waals surface area (Å²) in [4.78, 5) is 20.8. The molecule has 7 heteroatoms. The maximum atomic E-state index is 10.9. The first-order chi connectivity index (χ1) is 8.49. The normalized spacial score (nSPS) is 11.3. The van der Waals surface area contributed by atoms with Crippen LogP contribution in [0, 0.1) is 21.4 Å². The van der Waals surface area contributed by atoms with E-state index in [-0.39, 0.29) is 16.9 Å². The fourth-order valence-electron chi connectivity index (χ4n) is 1.39. The highest BCUT2D eigenvalue weighted by molar-refractivity contribution is 5.78. The number of aliphatic carboxylic acids is 1. The van der Waals surface area contributed by atoms with Gasteiger partial charge in [0, 0.05) is 12.1 Å². The van der Waals surface area contributed by atoms with Gasteiger partial charge in [0.2, 0.25) is 0 Å². The lowest BCUT2D eigenvalue weighted by atomic mass is 10.1. The zero-order valence-electron chi connectivity index (χ0n) is 9.58. The number of non-ortho nitro benzene ring substituents is 1. The van der Waals surface area contributed by atoms with Crippen LogP contribution in [0.5, 0.6) is 0 Å². The zero-order valence-corrected chi connectivity index (χ0v) is 9.58. The molecule has 0 fully saturated rings. The van der Waals surface area contributed by atoms with Crippen molar-refractivity contribution in [3.63, 3.8) is 0 Å². The van der Waals surface area contributed by atoms with Gasteiger partial charge in [-0.05, 0) is 12.5 Å². The van der Waals surface area contributed by atoms with Crippen molar-refractivity contribution in [2.24, 2.45) is 0 Å². The molecule has 0 bridgehead atoms. The highest BCUT2D eigenvalue weighted by Gasteiger charge is 2.17. The van der Waals surface area contributed by atoms with E-state index in [0.29, 0.717) is 6.42 Å². The Morgan fingerprint density at radius 3 is 2.78 bits per heavy atom. The molecule has 0 spiro atoms. The van der Waals surface area contributed by atoms with Crippen LogP contribution < -0.4 is 5.32 Å². The third kappa shape index (κ3) is 2.95. The third-order valence-corrected chi connectivity index (χ3v) is 2.37. The van der Waals surface area contributed by atoms with Gasteiger partial charge in [0.25, 0.3) is 5.69 Å². The number of benzene rings is 1. The highest BCUT2D eigenvalue weighted by atomic mass is 16.6. The van der Waals surface area contributed by atoms with Crippen molar-refractivity contribution in [3.05, 3.63) is 33.9 Å². The molecule has 1 atom stereocenters. The van der Waals surface area contributed by atoms with Crippen LogP contribution in [-0.4, -0.2) is 22.0 Å². The van der Waals surface area contributed by atoms with E-state index >= 15 is 0 Å². The van der Waals surface area contributed by atoms with Crippen LogP contribution in [0.1, 0.15) is 18.9 Å². The van der Waals surface area contributed by atoms with E-state index < -0.39 is 16.9 Å². The van der Waals surface area contributed by atoms with Gasteiger partial charge in [-0.3, -0.25) is 10.1 Å². The SMILES string of the molecule is CCC(Nc1ccc([N+](=O)[O-])cc1C#N)C(=O)O. The summed E-state index contributed by atoms with van der Waals surface area (Å²) in [7, 11) is 0. The minimum atomic E-state index is -1.04. The fraction of sp³-hybridized carbons (Fsp3) is 0.273. The number of carbonyl (C=O) groups is 1. The van der Waals surface area contributed by atoms with Gasteiger partial charge < -0.3 is 10.4 Å². The second-order valence-corrected chi connectivity index (χ2v) is 3.54. The van der Waals surface area contributed by atoms with Crippen LogP contribution in [-0.2, 0) is 4.79 Å². The van der Waals surface area contributed by atoms with E-state index in [9.17, 15) is 14.9 Å². The minimum absolute atomic E-state index is 0.0453. The Morgan fingerprint density at radius 2 is 2.33 bits per heavy atom. The number of hydrogen-bond acceptors (Lipinski definition) is 5. The lowest BCUT2D eigenvalue weighted by Crippen LogP contribution is -2.28.